The van der Waals surface area contributed by atoms with Crippen LogP contribution in [0.1, 0.15) is 25.0 Å². The van der Waals surface area contributed by atoms with Crippen molar-refractivity contribution in [1.82, 2.24) is 4.57 Å². The normalized spacial score (nSPS) is 11.6. The van der Waals surface area contributed by atoms with Gasteiger partial charge in [0.15, 0.2) is 5.75 Å². The number of nitrogens with zero attached hydrogens (tertiary/aromatic N) is 1. The van der Waals surface area contributed by atoms with Crippen LogP contribution in [0.3, 0.4) is 0 Å². The van der Waals surface area contributed by atoms with E-state index in [-0.39, 0.29) is 17.7 Å². The van der Waals surface area contributed by atoms with Gasteiger partial charge in [-0.25, -0.2) is 4.79 Å². The van der Waals surface area contributed by atoms with Crippen molar-refractivity contribution in [3.63, 3.8) is 0 Å². The van der Waals surface area contributed by atoms with Gasteiger partial charge in [-0.05, 0) is 49.6 Å². The van der Waals surface area contributed by atoms with Crippen molar-refractivity contribution in [2.75, 3.05) is 0 Å². The Morgan fingerprint density at radius 2 is 1.93 bits per heavy atom. The largest absolute Gasteiger partial charge is 0.511 e. The van der Waals surface area contributed by atoms with E-state index in [1.807, 2.05) is 12.1 Å². The van der Waals surface area contributed by atoms with Crippen molar-refractivity contribution in [3.8, 4) is 5.75 Å². The van der Waals surface area contributed by atoms with E-state index < -0.39 is 17.2 Å². The van der Waals surface area contributed by atoms with Crippen molar-refractivity contribution < 1.29 is 19.7 Å². The lowest BCUT2D eigenvalue weighted by Crippen LogP contribution is -2.27. The van der Waals surface area contributed by atoms with Gasteiger partial charge in [0.1, 0.15) is 0 Å². The number of pyridine rings is 1. The minimum atomic E-state index is -1.59. The van der Waals surface area contributed by atoms with Crippen molar-refractivity contribution >= 4 is 40.3 Å². The van der Waals surface area contributed by atoms with Crippen LogP contribution in [0.25, 0.3) is 10.9 Å². The van der Waals surface area contributed by atoms with Gasteiger partial charge in [0, 0.05) is 5.39 Å². The van der Waals surface area contributed by atoms with E-state index in [4.69, 9.17) is 28.3 Å². The fourth-order valence-electron chi connectivity index (χ4n) is 3.15. The number of fused-ring (bicyclic) bond motifs is 1. The molecular weight excluding hydrogens is 417 g/mol. The van der Waals surface area contributed by atoms with E-state index >= 15 is 0 Å². The summed E-state index contributed by atoms with van der Waals surface area (Å²) in [7, 11) is 0. The minimum absolute atomic E-state index is 0.138. The van der Waals surface area contributed by atoms with Crippen LogP contribution in [0, 0.1) is 0 Å². The minimum Gasteiger partial charge on any atom is -0.449 e. The standard InChI is InChI=1S/C21H19Cl2NO5/c1-21(2,28)11-24-10-17(29-20(26)27)19(25)14-9-12(6-7-16(14)24)8-13-4-3-5-15(22)18(13)23/h3-7,9-10,28H,8,11H2,1-2H3,(H,26,27). The maximum atomic E-state index is 12.8. The van der Waals surface area contributed by atoms with Gasteiger partial charge in [-0.1, -0.05) is 41.4 Å². The van der Waals surface area contributed by atoms with Crippen LogP contribution < -0.4 is 10.2 Å². The van der Waals surface area contributed by atoms with Crippen LogP contribution in [-0.2, 0) is 13.0 Å². The summed E-state index contributed by atoms with van der Waals surface area (Å²) in [6, 6.07) is 10.6. The molecule has 0 aliphatic rings. The summed E-state index contributed by atoms with van der Waals surface area (Å²) in [5, 5.41) is 20.3. The second-order valence-electron chi connectivity index (χ2n) is 7.37. The number of hydrogen-bond donors (Lipinski definition) is 2. The molecule has 3 rings (SSSR count). The molecule has 0 saturated carbocycles. The summed E-state index contributed by atoms with van der Waals surface area (Å²) in [5.74, 6) is -0.327. The zero-order valence-corrected chi connectivity index (χ0v) is 17.3. The van der Waals surface area contributed by atoms with Gasteiger partial charge in [0.25, 0.3) is 0 Å². The number of benzene rings is 2. The molecule has 1 heterocycles. The molecule has 0 aliphatic heterocycles. The molecule has 0 fully saturated rings. The Hall–Kier alpha value is -2.54. The van der Waals surface area contributed by atoms with Crippen LogP contribution in [0.2, 0.25) is 10.0 Å². The lowest BCUT2D eigenvalue weighted by molar-refractivity contribution is 0.0625. The molecule has 0 atom stereocenters. The van der Waals surface area contributed by atoms with Gasteiger partial charge >= 0.3 is 6.16 Å². The molecule has 2 aromatic carbocycles. The molecule has 6 nitrogen and oxygen atoms in total. The quantitative estimate of drug-likeness (QED) is 0.565. The van der Waals surface area contributed by atoms with Crippen molar-refractivity contribution in [1.29, 1.82) is 0 Å². The second-order valence-corrected chi connectivity index (χ2v) is 8.16. The summed E-state index contributed by atoms with van der Waals surface area (Å²) >= 11 is 12.3. The first-order chi connectivity index (χ1) is 13.5. The number of aliphatic hydroxyl groups is 1. The first-order valence-corrected chi connectivity index (χ1v) is 9.53. The Labute approximate surface area is 176 Å². The predicted octanol–water partition coefficient (Wildman–Crippen LogP) is 4.73. The summed E-state index contributed by atoms with van der Waals surface area (Å²) < 4.78 is 6.27. The number of rotatable bonds is 5. The summed E-state index contributed by atoms with van der Waals surface area (Å²) in [6.07, 6.45) is 0.146. The molecule has 8 heteroatoms. The number of hydrogen-bond acceptors (Lipinski definition) is 4. The molecule has 0 aliphatic carbocycles. The Morgan fingerprint density at radius 3 is 2.59 bits per heavy atom. The number of carboxylic acid groups (broad SMARTS) is 1. The predicted molar refractivity (Wildman–Crippen MR) is 112 cm³/mol. The Morgan fingerprint density at radius 1 is 1.21 bits per heavy atom. The summed E-state index contributed by atoms with van der Waals surface area (Å²) in [5.41, 5.74) is 0.508. The number of aromatic nitrogens is 1. The van der Waals surface area contributed by atoms with E-state index in [1.165, 1.54) is 6.20 Å². The third kappa shape index (κ3) is 4.90. The monoisotopic (exact) mass is 435 g/mol. The highest BCUT2D eigenvalue weighted by Crippen LogP contribution is 2.28. The Balaban J connectivity index is 2.15. The lowest BCUT2D eigenvalue weighted by Gasteiger charge is -2.21. The van der Waals surface area contributed by atoms with Gasteiger partial charge in [0.05, 0.1) is 33.9 Å². The topological polar surface area (TPSA) is 88.8 Å². The molecular formula is C21H19Cl2NO5. The first-order valence-electron chi connectivity index (χ1n) is 8.77. The molecule has 0 saturated heterocycles. The highest BCUT2D eigenvalue weighted by Gasteiger charge is 2.19. The van der Waals surface area contributed by atoms with Crippen molar-refractivity contribution in [2.45, 2.75) is 32.4 Å². The van der Waals surface area contributed by atoms with Crippen LogP contribution in [0.15, 0.2) is 47.4 Å². The maximum Gasteiger partial charge on any atom is 0.511 e. The Kier molecular flexibility index (Phi) is 5.89. The number of halogens is 2. The van der Waals surface area contributed by atoms with Crippen LogP contribution in [0.5, 0.6) is 5.75 Å². The van der Waals surface area contributed by atoms with E-state index in [2.05, 4.69) is 4.74 Å². The van der Waals surface area contributed by atoms with Crippen molar-refractivity contribution in [3.05, 3.63) is 74.0 Å². The average Bonchev–Trinajstić information content (AvgIpc) is 2.61. The van der Waals surface area contributed by atoms with Gasteiger partial charge in [0.2, 0.25) is 5.43 Å². The molecule has 0 spiro atoms. The SMILES string of the molecule is CC(C)(O)Cn1cc(OC(=O)O)c(=O)c2cc(Cc3cccc(Cl)c3Cl)ccc21. The Bertz CT molecular complexity index is 1150. The van der Waals surface area contributed by atoms with Gasteiger partial charge in [-0.15, -0.1) is 0 Å². The zero-order valence-electron chi connectivity index (χ0n) is 15.8. The highest BCUT2D eigenvalue weighted by atomic mass is 35.5. The van der Waals surface area contributed by atoms with Gasteiger partial charge in [-0.2, -0.15) is 0 Å². The number of carbonyl (C=O) groups is 1. The third-order valence-corrected chi connectivity index (χ3v) is 5.15. The molecule has 3 aromatic rings. The molecule has 1 aromatic heterocycles. The van der Waals surface area contributed by atoms with E-state index in [0.29, 0.717) is 22.0 Å². The van der Waals surface area contributed by atoms with Gasteiger partial charge in [-0.3, -0.25) is 4.79 Å². The molecule has 29 heavy (non-hydrogen) atoms. The first kappa shape index (κ1) is 21.2. The van der Waals surface area contributed by atoms with Gasteiger partial charge < -0.3 is 19.5 Å². The number of ether oxygens (including phenoxy) is 1. The fourth-order valence-corrected chi connectivity index (χ4v) is 3.53. The zero-order chi connectivity index (χ0) is 21.3. The second kappa shape index (κ2) is 8.06. The third-order valence-electron chi connectivity index (χ3n) is 4.29. The fraction of sp³-hybridized carbons (Fsp3) is 0.238. The summed E-state index contributed by atoms with van der Waals surface area (Å²) in [4.78, 5) is 23.8. The highest BCUT2D eigenvalue weighted by molar-refractivity contribution is 6.42. The van der Waals surface area contributed by atoms with Crippen molar-refractivity contribution in [2.24, 2.45) is 0 Å². The summed E-state index contributed by atoms with van der Waals surface area (Å²) in [6.45, 7) is 3.37. The van der Waals surface area contributed by atoms with E-state index in [1.54, 1.807) is 42.7 Å². The molecule has 0 radical (unpaired) electrons. The lowest BCUT2D eigenvalue weighted by atomic mass is 10.0. The van der Waals surface area contributed by atoms with E-state index in [9.17, 15) is 14.7 Å². The molecule has 2 N–H and O–H groups in total. The maximum absolute atomic E-state index is 12.8. The molecule has 0 bridgehead atoms. The van der Waals surface area contributed by atoms with E-state index in [0.717, 1.165) is 11.1 Å². The molecule has 0 amide bonds. The van der Waals surface area contributed by atoms with Crippen LogP contribution >= 0.6 is 23.2 Å². The smallest absolute Gasteiger partial charge is 0.449 e. The average molecular weight is 436 g/mol. The van der Waals surface area contributed by atoms with Crippen LogP contribution in [0.4, 0.5) is 4.79 Å². The molecule has 152 valence electrons. The molecule has 0 unspecified atom stereocenters. The van der Waals surface area contributed by atoms with Crippen LogP contribution in [-0.4, -0.2) is 26.5 Å².